The summed E-state index contributed by atoms with van der Waals surface area (Å²) in [5, 5.41) is 14.8. The molecule has 0 saturated carbocycles. The summed E-state index contributed by atoms with van der Waals surface area (Å²) in [6, 6.07) is 5.92. The molecule has 0 spiro atoms. The average molecular weight is 440 g/mol. The number of rotatable bonds is 9. The molecule has 1 saturated heterocycles. The van der Waals surface area contributed by atoms with Crippen LogP contribution in [0, 0.1) is 0 Å². The molecule has 0 amide bonds. The number of carbonyl (C=O) groups is 2. The van der Waals surface area contributed by atoms with Gasteiger partial charge < -0.3 is 29.2 Å². The second kappa shape index (κ2) is 14.4. The van der Waals surface area contributed by atoms with Gasteiger partial charge in [-0.05, 0) is 38.5 Å². The molecule has 1 aromatic carbocycles. The van der Waals surface area contributed by atoms with Crippen LogP contribution in [0.5, 0.6) is 11.5 Å². The van der Waals surface area contributed by atoms with E-state index in [1.807, 2.05) is 37.3 Å². The molecule has 0 aromatic heterocycles. The first kappa shape index (κ1) is 26.4. The van der Waals surface area contributed by atoms with Crippen molar-refractivity contribution in [1.82, 2.24) is 4.90 Å². The topological polar surface area (TPSA) is 115 Å². The lowest BCUT2D eigenvalue weighted by Crippen LogP contribution is -2.46. The monoisotopic (exact) mass is 439 g/mol. The normalized spacial score (nSPS) is 18.8. The molecule has 174 valence electrons. The summed E-state index contributed by atoms with van der Waals surface area (Å²) in [7, 11) is 1.66. The molecule has 0 bridgehead atoms. The highest BCUT2D eigenvalue weighted by molar-refractivity contribution is 6.27. The van der Waals surface area contributed by atoms with Crippen LogP contribution in [0.25, 0.3) is 6.08 Å². The first-order valence-electron chi connectivity index (χ1n) is 10.1. The molecule has 1 aliphatic heterocycles. The molecular formula is C22H33NO8. The third-order valence-corrected chi connectivity index (χ3v) is 4.26. The predicted octanol–water partition coefficient (Wildman–Crippen LogP) is 2.39. The van der Waals surface area contributed by atoms with E-state index < -0.39 is 11.9 Å². The van der Waals surface area contributed by atoms with E-state index in [0.29, 0.717) is 32.0 Å². The largest absolute Gasteiger partial charge is 0.493 e. The molecule has 2 rings (SSSR count). The van der Waals surface area contributed by atoms with Crippen LogP contribution >= 0.6 is 0 Å². The summed E-state index contributed by atoms with van der Waals surface area (Å²) in [4.78, 5) is 20.6. The summed E-state index contributed by atoms with van der Waals surface area (Å²) in [5.41, 5.74) is 1.09. The Morgan fingerprint density at radius 2 is 1.74 bits per heavy atom. The van der Waals surface area contributed by atoms with Crippen LogP contribution in [0.2, 0.25) is 0 Å². The number of morpholine rings is 1. The minimum absolute atomic E-state index is 0.296. The van der Waals surface area contributed by atoms with E-state index in [1.54, 1.807) is 7.11 Å². The molecule has 1 fully saturated rings. The molecular weight excluding hydrogens is 406 g/mol. The van der Waals surface area contributed by atoms with Crippen molar-refractivity contribution in [2.45, 2.75) is 33.0 Å². The number of hydrogen-bond acceptors (Lipinski definition) is 7. The van der Waals surface area contributed by atoms with Gasteiger partial charge in [0.15, 0.2) is 11.5 Å². The van der Waals surface area contributed by atoms with Gasteiger partial charge in [-0.2, -0.15) is 0 Å². The highest BCUT2D eigenvalue weighted by Gasteiger charge is 2.21. The fourth-order valence-electron chi connectivity index (χ4n) is 3.07. The van der Waals surface area contributed by atoms with Crippen molar-refractivity contribution in [3.05, 3.63) is 29.8 Å². The Labute approximate surface area is 183 Å². The Balaban J connectivity index is 0.000000703. The fraction of sp³-hybridized carbons (Fsp3) is 0.545. The lowest BCUT2D eigenvalue weighted by molar-refractivity contribution is -0.159. The molecule has 1 aromatic rings. The highest BCUT2D eigenvalue weighted by atomic mass is 16.5. The van der Waals surface area contributed by atoms with Crippen molar-refractivity contribution in [3.63, 3.8) is 0 Å². The van der Waals surface area contributed by atoms with E-state index >= 15 is 0 Å². The third kappa shape index (κ3) is 10.8. The van der Waals surface area contributed by atoms with Gasteiger partial charge in [0.1, 0.15) is 6.61 Å². The number of carboxylic acids is 2. The van der Waals surface area contributed by atoms with Crippen LogP contribution in [0.3, 0.4) is 0 Å². The van der Waals surface area contributed by atoms with Gasteiger partial charge >= 0.3 is 11.9 Å². The third-order valence-electron chi connectivity index (χ3n) is 4.26. The SMILES string of the molecule is CC=Cc1ccc(OCCOCCN2CC(C)OC(C)C2)c(OC)c1.O=C(O)C(=O)O. The van der Waals surface area contributed by atoms with Gasteiger partial charge in [-0.1, -0.05) is 18.2 Å². The smallest absolute Gasteiger partial charge is 0.414 e. The number of carboxylic acid groups (broad SMARTS) is 2. The van der Waals surface area contributed by atoms with E-state index in [9.17, 15) is 0 Å². The van der Waals surface area contributed by atoms with Crippen molar-refractivity contribution in [3.8, 4) is 11.5 Å². The second-order valence-electron chi connectivity index (χ2n) is 7.00. The van der Waals surface area contributed by atoms with Crippen LogP contribution in [-0.2, 0) is 19.1 Å². The lowest BCUT2D eigenvalue weighted by Gasteiger charge is -2.35. The summed E-state index contributed by atoms with van der Waals surface area (Å²) in [5.74, 6) is -2.16. The fourth-order valence-corrected chi connectivity index (χ4v) is 3.07. The van der Waals surface area contributed by atoms with Crippen LogP contribution in [0.15, 0.2) is 24.3 Å². The van der Waals surface area contributed by atoms with Crippen molar-refractivity contribution < 1.29 is 38.7 Å². The molecule has 9 nitrogen and oxygen atoms in total. The lowest BCUT2D eigenvalue weighted by atomic mass is 10.2. The van der Waals surface area contributed by atoms with Gasteiger partial charge in [-0.25, -0.2) is 9.59 Å². The van der Waals surface area contributed by atoms with Gasteiger partial charge in [0, 0.05) is 19.6 Å². The Bertz CT molecular complexity index is 699. The van der Waals surface area contributed by atoms with E-state index in [-0.39, 0.29) is 0 Å². The molecule has 0 aliphatic carbocycles. The average Bonchev–Trinajstić information content (AvgIpc) is 2.71. The molecule has 2 atom stereocenters. The van der Waals surface area contributed by atoms with Gasteiger partial charge in [0.2, 0.25) is 0 Å². The van der Waals surface area contributed by atoms with E-state index in [2.05, 4.69) is 18.7 Å². The molecule has 1 heterocycles. The molecule has 2 unspecified atom stereocenters. The summed E-state index contributed by atoms with van der Waals surface area (Å²) < 4.78 is 22.6. The number of hydrogen-bond donors (Lipinski definition) is 2. The number of allylic oxidation sites excluding steroid dienone is 1. The Morgan fingerprint density at radius 3 is 2.29 bits per heavy atom. The van der Waals surface area contributed by atoms with Crippen LogP contribution < -0.4 is 9.47 Å². The van der Waals surface area contributed by atoms with Crippen LogP contribution in [0.4, 0.5) is 0 Å². The van der Waals surface area contributed by atoms with Crippen molar-refractivity contribution in [1.29, 1.82) is 0 Å². The molecule has 1 aliphatic rings. The quantitative estimate of drug-likeness (QED) is 0.442. The van der Waals surface area contributed by atoms with Crippen molar-refractivity contribution >= 4 is 18.0 Å². The van der Waals surface area contributed by atoms with Gasteiger partial charge in [0.25, 0.3) is 0 Å². The summed E-state index contributed by atoms with van der Waals surface area (Å²) in [6.45, 7) is 10.9. The number of ether oxygens (including phenoxy) is 4. The van der Waals surface area contributed by atoms with Crippen LogP contribution in [0.1, 0.15) is 26.3 Å². The van der Waals surface area contributed by atoms with Gasteiger partial charge in [-0.15, -0.1) is 0 Å². The number of benzene rings is 1. The first-order chi connectivity index (χ1) is 14.8. The Hall–Kier alpha value is -2.62. The second-order valence-corrected chi connectivity index (χ2v) is 7.00. The zero-order chi connectivity index (χ0) is 23.2. The van der Waals surface area contributed by atoms with Gasteiger partial charge in [-0.3, -0.25) is 4.90 Å². The zero-order valence-electron chi connectivity index (χ0n) is 18.6. The Kier molecular flexibility index (Phi) is 12.3. The van der Waals surface area contributed by atoms with E-state index in [4.69, 9.17) is 38.7 Å². The zero-order valence-corrected chi connectivity index (χ0v) is 18.6. The maximum absolute atomic E-state index is 9.10. The maximum atomic E-state index is 9.10. The summed E-state index contributed by atoms with van der Waals surface area (Å²) >= 11 is 0. The molecule has 0 radical (unpaired) electrons. The van der Waals surface area contributed by atoms with E-state index in [1.165, 1.54) is 0 Å². The minimum atomic E-state index is -1.82. The molecule has 31 heavy (non-hydrogen) atoms. The highest BCUT2D eigenvalue weighted by Crippen LogP contribution is 2.28. The number of nitrogens with zero attached hydrogens (tertiary/aromatic N) is 1. The van der Waals surface area contributed by atoms with E-state index in [0.717, 1.165) is 36.7 Å². The Morgan fingerprint density at radius 1 is 1.10 bits per heavy atom. The van der Waals surface area contributed by atoms with Crippen LogP contribution in [-0.4, -0.2) is 85.8 Å². The summed E-state index contributed by atoms with van der Waals surface area (Å²) in [6.07, 6.45) is 4.62. The van der Waals surface area contributed by atoms with Gasteiger partial charge in [0.05, 0.1) is 32.5 Å². The predicted molar refractivity (Wildman–Crippen MR) is 116 cm³/mol. The number of aliphatic carboxylic acids is 2. The van der Waals surface area contributed by atoms with Crippen molar-refractivity contribution in [2.24, 2.45) is 0 Å². The minimum Gasteiger partial charge on any atom is -0.493 e. The maximum Gasteiger partial charge on any atom is 0.414 e. The molecule has 2 N–H and O–H groups in total. The first-order valence-corrected chi connectivity index (χ1v) is 10.1. The number of methoxy groups -OCH3 is 1. The standard InChI is InChI=1S/C20H31NO4.C2H2O4/c1-5-6-18-7-8-19(20(13-18)22-4)24-12-11-23-10-9-21-14-16(2)25-17(3)15-21;3-1(4)2(5)6/h5-8,13,16-17H,9-12,14-15H2,1-4H3;(H,3,4)(H,5,6). The van der Waals surface area contributed by atoms with Crippen molar-refractivity contribution in [2.75, 3.05) is 46.6 Å². The molecule has 9 heteroatoms.